The Morgan fingerprint density at radius 1 is 1.17 bits per heavy atom. The SMILES string of the molecule is C#C[C@]1(O)[C@H](O)C[C@H]2[C@@H]3CC=C4C[C@H](O)CC[C@]4(C)[C@H]3CC[C@@]21C. The molecule has 0 radical (unpaired) electrons. The summed E-state index contributed by atoms with van der Waals surface area (Å²) in [5.74, 6) is 3.88. The molecule has 4 aliphatic rings. The van der Waals surface area contributed by atoms with Crippen LogP contribution < -0.4 is 0 Å². The van der Waals surface area contributed by atoms with Crippen molar-refractivity contribution in [3.8, 4) is 12.3 Å². The molecule has 132 valence electrons. The van der Waals surface area contributed by atoms with Crippen LogP contribution >= 0.6 is 0 Å². The van der Waals surface area contributed by atoms with Crippen LogP contribution in [-0.4, -0.2) is 33.1 Å². The molecular formula is C21H30O3. The van der Waals surface area contributed by atoms with Crippen LogP contribution in [-0.2, 0) is 0 Å². The minimum atomic E-state index is -1.39. The fourth-order valence-electron chi connectivity index (χ4n) is 6.92. The molecule has 0 bridgehead atoms. The molecule has 0 aromatic heterocycles. The Hall–Kier alpha value is -0.820. The summed E-state index contributed by atoms with van der Waals surface area (Å²) in [5, 5.41) is 31.6. The van der Waals surface area contributed by atoms with Crippen LogP contribution in [0.15, 0.2) is 11.6 Å². The quantitative estimate of drug-likeness (QED) is 0.473. The lowest BCUT2D eigenvalue weighted by Crippen LogP contribution is -2.55. The van der Waals surface area contributed by atoms with Gasteiger partial charge in [0.15, 0.2) is 5.60 Å². The Kier molecular flexibility index (Phi) is 3.53. The zero-order valence-corrected chi connectivity index (χ0v) is 14.8. The van der Waals surface area contributed by atoms with Crippen LogP contribution in [0.4, 0.5) is 0 Å². The van der Waals surface area contributed by atoms with Crippen LogP contribution in [0, 0.1) is 40.9 Å². The van der Waals surface area contributed by atoms with Crippen molar-refractivity contribution >= 4 is 0 Å². The number of aliphatic hydroxyl groups is 3. The lowest BCUT2D eigenvalue weighted by molar-refractivity contribution is -0.118. The molecule has 0 spiro atoms. The van der Waals surface area contributed by atoms with Gasteiger partial charge in [-0.15, -0.1) is 6.42 Å². The maximum absolute atomic E-state index is 11.0. The van der Waals surface area contributed by atoms with Gasteiger partial charge >= 0.3 is 0 Å². The lowest BCUT2D eigenvalue weighted by atomic mass is 9.47. The van der Waals surface area contributed by atoms with E-state index in [0.29, 0.717) is 18.3 Å². The smallest absolute Gasteiger partial charge is 0.156 e. The second-order valence-electron chi connectivity index (χ2n) is 9.27. The van der Waals surface area contributed by atoms with Gasteiger partial charge in [0.2, 0.25) is 0 Å². The molecule has 0 heterocycles. The second-order valence-corrected chi connectivity index (χ2v) is 9.27. The number of allylic oxidation sites excluding steroid dienone is 1. The maximum atomic E-state index is 11.0. The maximum Gasteiger partial charge on any atom is 0.156 e. The van der Waals surface area contributed by atoms with E-state index in [1.165, 1.54) is 5.57 Å². The number of hydrogen-bond donors (Lipinski definition) is 3. The molecule has 3 saturated carbocycles. The van der Waals surface area contributed by atoms with E-state index in [4.69, 9.17) is 6.42 Å². The van der Waals surface area contributed by atoms with Crippen LogP contribution in [0.1, 0.15) is 58.8 Å². The number of aliphatic hydroxyl groups excluding tert-OH is 2. The molecule has 0 aliphatic heterocycles. The van der Waals surface area contributed by atoms with Crippen molar-refractivity contribution in [1.82, 2.24) is 0 Å². The topological polar surface area (TPSA) is 60.7 Å². The highest BCUT2D eigenvalue weighted by molar-refractivity contribution is 5.30. The second kappa shape index (κ2) is 5.10. The van der Waals surface area contributed by atoms with Gasteiger partial charge in [-0.1, -0.05) is 31.4 Å². The van der Waals surface area contributed by atoms with Gasteiger partial charge in [-0.2, -0.15) is 0 Å². The van der Waals surface area contributed by atoms with Crippen molar-refractivity contribution in [3.05, 3.63) is 11.6 Å². The van der Waals surface area contributed by atoms with Crippen LogP contribution in [0.5, 0.6) is 0 Å². The molecule has 3 heteroatoms. The zero-order valence-electron chi connectivity index (χ0n) is 14.8. The van der Waals surface area contributed by atoms with Crippen LogP contribution in [0.3, 0.4) is 0 Å². The van der Waals surface area contributed by atoms with E-state index < -0.39 is 17.1 Å². The Morgan fingerprint density at radius 2 is 1.92 bits per heavy atom. The molecule has 3 nitrogen and oxygen atoms in total. The molecule has 0 amide bonds. The zero-order chi connectivity index (χ0) is 17.3. The highest BCUT2D eigenvalue weighted by Crippen LogP contribution is 2.66. The molecule has 3 N–H and O–H groups in total. The summed E-state index contributed by atoms with van der Waals surface area (Å²) in [4.78, 5) is 0. The van der Waals surface area contributed by atoms with Gasteiger partial charge in [0.05, 0.1) is 12.2 Å². The van der Waals surface area contributed by atoms with Crippen molar-refractivity contribution in [2.75, 3.05) is 0 Å². The molecular weight excluding hydrogens is 300 g/mol. The number of hydrogen-bond acceptors (Lipinski definition) is 3. The minimum Gasteiger partial charge on any atom is -0.393 e. The van der Waals surface area contributed by atoms with Crippen molar-refractivity contribution in [2.45, 2.75) is 76.6 Å². The predicted octanol–water partition coefficient (Wildman–Crippen LogP) is 2.65. The van der Waals surface area contributed by atoms with E-state index in [0.717, 1.165) is 38.5 Å². The normalized spacial score (nSPS) is 56.5. The molecule has 24 heavy (non-hydrogen) atoms. The third-order valence-corrected chi connectivity index (χ3v) is 8.52. The Morgan fingerprint density at radius 3 is 2.62 bits per heavy atom. The largest absolute Gasteiger partial charge is 0.393 e. The first-order chi connectivity index (χ1) is 11.3. The summed E-state index contributed by atoms with van der Waals surface area (Å²) >= 11 is 0. The first-order valence-corrected chi connectivity index (χ1v) is 9.52. The van der Waals surface area contributed by atoms with E-state index in [2.05, 4.69) is 25.8 Å². The monoisotopic (exact) mass is 330 g/mol. The summed E-state index contributed by atoms with van der Waals surface area (Å²) in [7, 11) is 0. The highest BCUT2D eigenvalue weighted by atomic mass is 16.3. The number of terminal acetylenes is 1. The lowest BCUT2D eigenvalue weighted by Gasteiger charge is -2.58. The molecule has 8 atom stereocenters. The fraction of sp³-hybridized carbons (Fsp3) is 0.810. The standard InChI is InChI=1S/C21H30O3/c1-4-21(24)18(23)12-17-15-6-5-13-11-14(22)7-9-19(13,2)16(15)8-10-20(17,21)3/h1,5,14-18,22-24H,6-12H2,2-3H3/t14-,15-,16+,17+,18-,19+,20+,21+/m1/s1. The molecule has 0 saturated heterocycles. The van der Waals surface area contributed by atoms with E-state index in [-0.39, 0.29) is 17.4 Å². The Bertz CT molecular complexity index is 619. The first kappa shape index (κ1) is 16.6. The predicted molar refractivity (Wildman–Crippen MR) is 92.9 cm³/mol. The number of fused-ring (bicyclic) bond motifs is 5. The minimum absolute atomic E-state index is 0.172. The van der Waals surface area contributed by atoms with Crippen LogP contribution in [0.2, 0.25) is 0 Å². The highest BCUT2D eigenvalue weighted by Gasteiger charge is 2.66. The molecule has 0 aromatic rings. The Labute approximate surface area is 145 Å². The van der Waals surface area contributed by atoms with E-state index in [1.54, 1.807) is 0 Å². The third-order valence-electron chi connectivity index (χ3n) is 8.52. The van der Waals surface area contributed by atoms with Gasteiger partial charge in [0.25, 0.3) is 0 Å². The fourth-order valence-corrected chi connectivity index (χ4v) is 6.92. The molecule has 4 aliphatic carbocycles. The van der Waals surface area contributed by atoms with E-state index >= 15 is 0 Å². The third kappa shape index (κ3) is 1.86. The van der Waals surface area contributed by atoms with E-state index in [9.17, 15) is 15.3 Å². The summed E-state index contributed by atoms with van der Waals surface area (Å²) in [6.07, 6.45) is 13.3. The van der Waals surface area contributed by atoms with E-state index in [1.807, 2.05) is 0 Å². The van der Waals surface area contributed by atoms with Gasteiger partial charge in [0.1, 0.15) is 0 Å². The van der Waals surface area contributed by atoms with Crippen molar-refractivity contribution in [2.24, 2.45) is 28.6 Å². The molecule has 0 aromatic carbocycles. The molecule has 3 fully saturated rings. The first-order valence-electron chi connectivity index (χ1n) is 9.52. The van der Waals surface area contributed by atoms with Gasteiger partial charge in [-0.05, 0) is 68.1 Å². The van der Waals surface area contributed by atoms with Crippen molar-refractivity contribution < 1.29 is 15.3 Å². The van der Waals surface area contributed by atoms with Gasteiger partial charge in [-0.3, -0.25) is 0 Å². The summed E-state index contributed by atoms with van der Waals surface area (Å²) < 4.78 is 0. The van der Waals surface area contributed by atoms with Gasteiger partial charge in [0, 0.05) is 5.41 Å². The average molecular weight is 330 g/mol. The van der Waals surface area contributed by atoms with Gasteiger partial charge in [-0.25, -0.2) is 0 Å². The summed E-state index contributed by atoms with van der Waals surface area (Å²) in [6, 6.07) is 0. The average Bonchev–Trinajstić information content (AvgIpc) is 2.76. The van der Waals surface area contributed by atoms with Crippen molar-refractivity contribution in [1.29, 1.82) is 0 Å². The molecule has 0 unspecified atom stereocenters. The van der Waals surface area contributed by atoms with Crippen LogP contribution in [0.25, 0.3) is 0 Å². The van der Waals surface area contributed by atoms with Crippen molar-refractivity contribution in [3.63, 3.8) is 0 Å². The summed E-state index contributed by atoms with van der Waals surface area (Å²) in [5.41, 5.74) is -0.170. The number of rotatable bonds is 0. The summed E-state index contributed by atoms with van der Waals surface area (Å²) in [6.45, 7) is 4.47. The van der Waals surface area contributed by atoms with Gasteiger partial charge < -0.3 is 15.3 Å². The molecule has 4 rings (SSSR count). The Balaban J connectivity index is 1.71.